The van der Waals surface area contributed by atoms with Gasteiger partial charge < -0.3 is 9.47 Å². The first-order valence-electron chi connectivity index (χ1n) is 4.81. The molecular formula is C9H15NO4. The Hall–Kier alpha value is -0.680. The fourth-order valence-corrected chi connectivity index (χ4v) is 2.04. The summed E-state index contributed by atoms with van der Waals surface area (Å²) in [6.07, 6.45) is 0.491. The Morgan fingerprint density at radius 3 is 2.43 bits per heavy atom. The van der Waals surface area contributed by atoms with Gasteiger partial charge >= 0.3 is 0 Å². The summed E-state index contributed by atoms with van der Waals surface area (Å²) in [5.41, 5.74) is -0.783. The average molecular weight is 201 g/mol. The minimum Gasteiger partial charge on any atom is -0.348 e. The molecule has 1 saturated heterocycles. The molecule has 2 rings (SSSR count). The van der Waals surface area contributed by atoms with Crippen molar-refractivity contribution in [1.82, 2.24) is 0 Å². The van der Waals surface area contributed by atoms with Gasteiger partial charge in [-0.2, -0.15) is 0 Å². The van der Waals surface area contributed by atoms with Crippen LogP contribution in [-0.2, 0) is 9.47 Å². The lowest BCUT2D eigenvalue weighted by Crippen LogP contribution is -2.28. The normalized spacial score (nSPS) is 45.1. The Balaban J connectivity index is 1.98. The van der Waals surface area contributed by atoms with Crippen molar-refractivity contribution < 1.29 is 14.4 Å². The molecule has 5 heteroatoms. The third-order valence-electron chi connectivity index (χ3n) is 3.17. The van der Waals surface area contributed by atoms with Gasteiger partial charge in [0.1, 0.15) is 0 Å². The molecule has 3 atom stereocenters. The van der Waals surface area contributed by atoms with E-state index in [9.17, 15) is 10.1 Å². The zero-order valence-electron chi connectivity index (χ0n) is 8.65. The summed E-state index contributed by atoms with van der Waals surface area (Å²) >= 11 is 0. The summed E-state index contributed by atoms with van der Waals surface area (Å²) in [7, 11) is 0. The van der Waals surface area contributed by atoms with Crippen molar-refractivity contribution in [1.29, 1.82) is 0 Å². The minimum atomic E-state index is -0.783. The summed E-state index contributed by atoms with van der Waals surface area (Å²) in [6, 6.07) is 0. The van der Waals surface area contributed by atoms with E-state index in [0.717, 1.165) is 0 Å². The number of nitro groups is 1. The number of hydrogen-bond donors (Lipinski definition) is 0. The lowest BCUT2D eigenvalue weighted by atomic mass is 10.1. The third kappa shape index (κ3) is 1.40. The third-order valence-corrected chi connectivity index (χ3v) is 3.17. The van der Waals surface area contributed by atoms with E-state index in [1.807, 2.05) is 13.8 Å². The fourth-order valence-electron chi connectivity index (χ4n) is 2.04. The Morgan fingerprint density at radius 1 is 1.43 bits per heavy atom. The molecule has 0 aromatic carbocycles. The maximum absolute atomic E-state index is 10.7. The quantitative estimate of drug-likeness (QED) is 0.497. The second kappa shape index (κ2) is 2.67. The van der Waals surface area contributed by atoms with Crippen LogP contribution >= 0.6 is 0 Å². The molecule has 0 radical (unpaired) electrons. The van der Waals surface area contributed by atoms with Crippen LogP contribution in [0.4, 0.5) is 0 Å². The van der Waals surface area contributed by atoms with E-state index >= 15 is 0 Å². The molecule has 2 fully saturated rings. The standard InChI is InChI=1S/C9H15NO4/c1-8(2)13-5-7(14-8)6-4-9(6,3)10(11)12/h6-7H,4-5H2,1-3H3/t6-,7+,9-/m1/s1. The molecule has 0 unspecified atom stereocenters. The first kappa shape index (κ1) is 9.86. The first-order valence-corrected chi connectivity index (χ1v) is 4.81. The van der Waals surface area contributed by atoms with E-state index in [0.29, 0.717) is 13.0 Å². The predicted molar refractivity (Wildman–Crippen MR) is 48.4 cm³/mol. The monoisotopic (exact) mass is 201 g/mol. The molecule has 1 saturated carbocycles. The van der Waals surface area contributed by atoms with Gasteiger partial charge in [-0.05, 0) is 13.8 Å². The van der Waals surface area contributed by atoms with Gasteiger partial charge in [0.05, 0.1) is 18.6 Å². The minimum absolute atomic E-state index is 0.0132. The van der Waals surface area contributed by atoms with Gasteiger partial charge in [-0.3, -0.25) is 10.1 Å². The van der Waals surface area contributed by atoms with Crippen molar-refractivity contribution in [3.05, 3.63) is 10.1 Å². The molecule has 0 N–H and O–H groups in total. The molecule has 0 spiro atoms. The summed E-state index contributed by atoms with van der Waals surface area (Å²) in [6.45, 7) is 5.81. The molecular weight excluding hydrogens is 186 g/mol. The van der Waals surface area contributed by atoms with E-state index in [4.69, 9.17) is 9.47 Å². The Bertz CT molecular complexity index is 278. The van der Waals surface area contributed by atoms with Gasteiger partial charge in [-0.1, -0.05) is 0 Å². The lowest BCUT2D eigenvalue weighted by molar-refractivity contribution is -0.538. The molecule has 0 bridgehead atoms. The Kier molecular flexibility index (Phi) is 1.88. The van der Waals surface area contributed by atoms with Crippen molar-refractivity contribution in [3.8, 4) is 0 Å². The SMILES string of the molecule is CC1(C)OC[C@@H]([C@H]2C[C@@]2(C)[N+](=O)[O-])O1. The van der Waals surface area contributed by atoms with Crippen LogP contribution < -0.4 is 0 Å². The molecule has 0 aromatic heterocycles. The van der Waals surface area contributed by atoms with Crippen LogP contribution in [0.5, 0.6) is 0 Å². The summed E-state index contributed by atoms with van der Waals surface area (Å²) in [5, 5.41) is 10.7. The van der Waals surface area contributed by atoms with E-state index < -0.39 is 11.3 Å². The lowest BCUT2D eigenvalue weighted by Gasteiger charge is -2.17. The van der Waals surface area contributed by atoms with E-state index in [1.165, 1.54) is 0 Å². The highest BCUT2D eigenvalue weighted by Gasteiger charge is 2.67. The van der Waals surface area contributed by atoms with Gasteiger partial charge in [-0.15, -0.1) is 0 Å². The van der Waals surface area contributed by atoms with Gasteiger partial charge in [0.15, 0.2) is 5.79 Å². The zero-order valence-corrected chi connectivity index (χ0v) is 8.65. The summed E-state index contributed by atoms with van der Waals surface area (Å²) in [5.74, 6) is -0.565. The van der Waals surface area contributed by atoms with Crippen molar-refractivity contribution in [3.63, 3.8) is 0 Å². The van der Waals surface area contributed by atoms with Crippen molar-refractivity contribution >= 4 is 0 Å². The highest BCUT2D eigenvalue weighted by Crippen LogP contribution is 2.51. The molecule has 2 aliphatic rings. The van der Waals surface area contributed by atoms with E-state index in [2.05, 4.69) is 0 Å². The zero-order chi connectivity index (χ0) is 10.6. The molecule has 1 heterocycles. The first-order chi connectivity index (χ1) is 6.35. The maximum Gasteiger partial charge on any atom is 0.225 e. The molecule has 5 nitrogen and oxygen atoms in total. The van der Waals surface area contributed by atoms with E-state index in [-0.39, 0.29) is 16.9 Å². The largest absolute Gasteiger partial charge is 0.348 e. The maximum atomic E-state index is 10.7. The van der Waals surface area contributed by atoms with Crippen molar-refractivity contribution in [2.24, 2.45) is 5.92 Å². The van der Waals surface area contributed by atoms with Crippen LogP contribution in [0.1, 0.15) is 27.2 Å². The van der Waals surface area contributed by atoms with Crippen LogP contribution in [0.2, 0.25) is 0 Å². The van der Waals surface area contributed by atoms with Gasteiger partial charge in [0.2, 0.25) is 5.54 Å². The van der Waals surface area contributed by atoms with Crippen LogP contribution in [0, 0.1) is 16.0 Å². The van der Waals surface area contributed by atoms with Crippen molar-refractivity contribution in [2.75, 3.05) is 6.61 Å². The molecule has 0 amide bonds. The van der Waals surface area contributed by atoms with Crippen molar-refractivity contribution in [2.45, 2.75) is 44.6 Å². The predicted octanol–water partition coefficient (Wildman–Crippen LogP) is 1.19. The number of ether oxygens (including phenoxy) is 2. The molecule has 1 aliphatic heterocycles. The van der Waals surface area contributed by atoms with Crippen LogP contribution in [0.15, 0.2) is 0 Å². The molecule has 1 aliphatic carbocycles. The van der Waals surface area contributed by atoms with Crippen LogP contribution in [-0.4, -0.2) is 29.0 Å². The molecule has 14 heavy (non-hydrogen) atoms. The highest BCUT2D eigenvalue weighted by molar-refractivity contribution is 5.05. The fraction of sp³-hybridized carbons (Fsp3) is 1.00. The number of hydrogen-bond acceptors (Lipinski definition) is 4. The Labute approximate surface area is 82.5 Å². The second-order valence-electron chi connectivity index (χ2n) is 4.79. The summed E-state index contributed by atoms with van der Waals surface area (Å²) in [4.78, 5) is 10.5. The topological polar surface area (TPSA) is 61.6 Å². The Morgan fingerprint density at radius 2 is 2.07 bits per heavy atom. The van der Waals surface area contributed by atoms with Gasteiger partial charge in [0, 0.05) is 18.3 Å². The number of nitrogens with zero attached hydrogens (tertiary/aromatic N) is 1. The second-order valence-corrected chi connectivity index (χ2v) is 4.79. The molecule has 80 valence electrons. The average Bonchev–Trinajstić information content (AvgIpc) is 2.61. The highest BCUT2D eigenvalue weighted by atomic mass is 16.7. The number of rotatable bonds is 2. The molecule has 0 aromatic rings. The van der Waals surface area contributed by atoms with Gasteiger partial charge in [-0.25, -0.2) is 0 Å². The van der Waals surface area contributed by atoms with Gasteiger partial charge in [0.25, 0.3) is 0 Å². The van der Waals surface area contributed by atoms with Crippen LogP contribution in [0.25, 0.3) is 0 Å². The smallest absolute Gasteiger partial charge is 0.225 e. The van der Waals surface area contributed by atoms with Crippen LogP contribution in [0.3, 0.4) is 0 Å². The van der Waals surface area contributed by atoms with E-state index in [1.54, 1.807) is 6.92 Å². The summed E-state index contributed by atoms with van der Waals surface area (Å²) < 4.78 is 11.0.